The predicted molar refractivity (Wildman–Crippen MR) is 82.7 cm³/mol. The highest BCUT2D eigenvalue weighted by Crippen LogP contribution is 2.65. The lowest BCUT2D eigenvalue weighted by Crippen LogP contribution is -2.54. The number of hydrogen-bond acceptors (Lipinski definition) is 2. The molecule has 1 N–H and O–H groups in total. The van der Waals surface area contributed by atoms with Crippen molar-refractivity contribution in [2.75, 3.05) is 0 Å². The third-order valence-electron chi connectivity index (χ3n) is 8.33. The normalized spacial score (nSPS) is 57.1. The molecule has 4 fully saturated rings. The summed E-state index contributed by atoms with van der Waals surface area (Å²) in [6.07, 6.45) is 10.5. The van der Waals surface area contributed by atoms with E-state index in [9.17, 15) is 4.79 Å². The molecular formula is C19H30O2. The van der Waals surface area contributed by atoms with Crippen LogP contribution in [0.25, 0.3) is 0 Å². The Morgan fingerprint density at radius 1 is 1.10 bits per heavy atom. The topological polar surface area (TPSA) is 37.3 Å². The molecule has 4 aliphatic rings. The number of fused-ring (bicyclic) bond motifs is 5. The fraction of sp³-hybridized carbons (Fsp3) is 0.947. The molecule has 2 heteroatoms. The second-order valence-corrected chi connectivity index (χ2v) is 8.97. The zero-order valence-electron chi connectivity index (χ0n) is 14.6. The van der Waals surface area contributed by atoms with Gasteiger partial charge in [0, 0.05) is 11.8 Å². The van der Waals surface area contributed by atoms with Gasteiger partial charge < -0.3 is 5.11 Å². The molecule has 0 amide bonds. The maximum absolute atomic E-state index is 12.4. The lowest BCUT2D eigenvalue weighted by molar-refractivity contribution is -0.142. The maximum Gasteiger partial charge on any atom is 0.210 e. The average molecular weight is 291 g/mol. The van der Waals surface area contributed by atoms with Crippen molar-refractivity contribution in [1.82, 2.24) is 0 Å². The number of aliphatic hydroxyl groups excluding tert-OH is 1. The van der Waals surface area contributed by atoms with Crippen LogP contribution in [0, 0.1) is 34.5 Å². The highest BCUT2D eigenvalue weighted by Gasteiger charge is 2.60. The summed E-state index contributed by atoms with van der Waals surface area (Å²) in [5.74, 6) is 3.53. The third-order valence-corrected chi connectivity index (χ3v) is 8.33. The van der Waals surface area contributed by atoms with Gasteiger partial charge in [-0.15, -0.1) is 0 Å². The molecule has 0 spiro atoms. The van der Waals surface area contributed by atoms with Crippen LogP contribution in [0.1, 0.15) is 71.6 Å². The van der Waals surface area contributed by atoms with Gasteiger partial charge in [-0.05, 0) is 80.5 Å². The smallest absolute Gasteiger partial charge is 0.210 e. The van der Waals surface area contributed by atoms with Crippen LogP contribution in [0.5, 0.6) is 0 Å². The first-order chi connectivity index (χ1) is 10.5. The summed E-state index contributed by atoms with van der Waals surface area (Å²) >= 11 is 0. The van der Waals surface area contributed by atoms with Gasteiger partial charge in [0.15, 0.2) is 0 Å². The molecule has 7 atom stereocenters. The number of hydrogen-bond donors (Lipinski definition) is 1. The van der Waals surface area contributed by atoms with Gasteiger partial charge in [0.1, 0.15) is 5.78 Å². The van der Waals surface area contributed by atoms with E-state index in [4.69, 9.17) is 6.54 Å². The van der Waals surface area contributed by atoms with Crippen LogP contribution in [0.2, 0.25) is 0 Å². The van der Waals surface area contributed by atoms with E-state index in [1.807, 2.05) is 0 Å². The maximum atomic E-state index is 12.4. The zero-order chi connectivity index (χ0) is 15.5. The fourth-order valence-electron chi connectivity index (χ4n) is 6.99. The van der Waals surface area contributed by atoms with Gasteiger partial charge in [0.2, 0.25) is 1.43 Å². The largest absolute Gasteiger partial charge is 0.393 e. The summed E-state index contributed by atoms with van der Waals surface area (Å²) in [4.78, 5) is 12.4. The average Bonchev–Trinajstić information content (AvgIpc) is 2.82. The molecule has 4 aliphatic carbocycles. The molecule has 21 heavy (non-hydrogen) atoms. The summed E-state index contributed by atoms with van der Waals surface area (Å²) in [6, 6.07) is 0. The Hall–Kier alpha value is -0.370. The molecule has 0 heterocycles. The Bertz CT molecular complexity index is 478. The van der Waals surface area contributed by atoms with Crippen molar-refractivity contribution in [3.8, 4) is 0 Å². The van der Waals surface area contributed by atoms with Crippen LogP contribution in [0.3, 0.4) is 0 Å². The van der Waals surface area contributed by atoms with Gasteiger partial charge in [0.05, 0.1) is 6.10 Å². The summed E-state index contributed by atoms with van der Waals surface area (Å²) in [7, 11) is 0. The number of ketones is 1. The van der Waals surface area contributed by atoms with E-state index in [0.717, 1.165) is 49.9 Å². The van der Waals surface area contributed by atoms with E-state index < -0.39 is 0 Å². The minimum absolute atomic E-state index is 0.00581. The van der Waals surface area contributed by atoms with E-state index in [-0.39, 0.29) is 11.5 Å². The number of aliphatic hydroxyl groups is 1. The van der Waals surface area contributed by atoms with Crippen LogP contribution >= 0.6 is 0 Å². The monoisotopic (exact) mass is 291 g/mol. The highest BCUT2D eigenvalue weighted by molar-refractivity contribution is 5.87. The molecule has 0 aromatic rings. The SMILES string of the molecule is [2H]O[C@@H]1CC[C@@]2(C)[C@@H](CC[C@@H]3[C@@H]2CC[C@]2(C)C(=O)CC[C@@H]32)C1. The van der Waals surface area contributed by atoms with Gasteiger partial charge in [-0.25, -0.2) is 0 Å². The zero-order valence-corrected chi connectivity index (χ0v) is 13.6. The first-order valence-corrected chi connectivity index (χ1v) is 9.14. The molecule has 0 unspecified atom stereocenters. The third kappa shape index (κ3) is 1.84. The molecule has 0 aromatic carbocycles. The molecule has 0 aromatic heterocycles. The molecule has 4 rings (SSSR count). The Morgan fingerprint density at radius 2 is 1.95 bits per heavy atom. The molecule has 0 radical (unpaired) electrons. The molecular weight excluding hydrogens is 260 g/mol. The predicted octanol–water partition coefficient (Wildman–Crippen LogP) is 3.96. The highest BCUT2D eigenvalue weighted by atomic mass is 16.3. The van der Waals surface area contributed by atoms with E-state index in [0.29, 0.717) is 17.1 Å². The van der Waals surface area contributed by atoms with Crippen LogP contribution < -0.4 is 0 Å². The van der Waals surface area contributed by atoms with Crippen molar-refractivity contribution in [2.24, 2.45) is 34.5 Å². The van der Waals surface area contributed by atoms with Crippen LogP contribution in [-0.4, -0.2) is 18.4 Å². The standard InChI is InChI=1S/C19H30O2/c1-18-9-7-13(20)11-12(18)3-4-14-15-5-6-17(21)19(15,2)10-8-16(14)18/h12-16,20H,3-11H2,1-2H3/t12-,13+,14-,15-,16-,18-,19-/m0/s1/i20D. The molecule has 118 valence electrons. The first-order valence-electron chi connectivity index (χ1n) is 9.55. The second-order valence-electron chi connectivity index (χ2n) is 8.97. The number of rotatable bonds is 1. The van der Waals surface area contributed by atoms with Crippen molar-refractivity contribution in [1.29, 1.82) is 1.43 Å². The van der Waals surface area contributed by atoms with Crippen molar-refractivity contribution in [2.45, 2.75) is 77.7 Å². The molecule has 0 aliphatic heterocycles. The Labute approximate surface area is 130 Å². The van der Waals surface area contributed by atoms with Crippen molar-refractivity contribution < 1.29 is 9.90 Å². The number of carbonyl (C=O) groups is 1. The first kappa shape index (κ1) is 13.1. The van der Waals surface area contributed by atoms with Gasteiger partial charge in [-0.3, -0.25) is 4.79 Å². The minimum atomic E-state index is 0.00581. The fourth-order valence-corrected chi connectivity index (χ4v) is 6.99. The van der Waals surface area contributed by atoms with Gasteiger partial charge in [0.25, 0.3) is 0 Å². The lowest BCUT2D eigenvalue weighted by atomic mass is 9.45. The summed E-state index contributed by atoms with van der Waals surface area (Å²) < 4.78 is 7.26. The van der Waals surface area contributed by atoms with E-state index in [1.165, 1.54) is 25.7 Å². The molecule has 2 nitrogen and oxygen atoms in total. The lowest BCUT2D eigenvalue weighted by Gasteiger charge is -2.60. The summed E-state index contributed by atoms with van der Waals surface area (Å²) in [5.41, 5.74) is 0.441. The molecule has 0 saturated heterocycles. The van der Waals surface area contributed by atoms with E-state index in [2.05, 4.69) is 13.8 Å². The minimum Gasteiger partial charge on any atom is -0.393 e. The quantitative estimate of drug-likeness (QED) is 0.794. The summed E-state index contributed by atoms with van der Waals surface area (Å²) in [5, 5.41) is 4.93. The number of Topliss-reactive ketones (excluding diaryl/α,β-unsaturated/α-hetero) is 1. The van der Waals surface area contributed by atoms with E-state index >= 15 is 0 Å². The summed E-state index contributed by atoms with van der Waals surface area (Å²) in [6.45, 7) is 4.79. The Morgan fingerprint density at radius 3 is 2.76 bits per heavy atom. The molecule has 0 bridgehead atoms. The van der Waals surface area contributed by atoms with Crippen LogP contribution in [0.15, 0.2) is 0 Å². The Balaban J connectivity index is 1.60. The van der Waals surface area contributed by atoms with Gasteiger partial charge in [-0.1, -0.05) is 13.8 Å². The van der Waals surface area contributed by atoms with Crippen LogP contribution in [0.4, 0.5) is 0 Å². The van der Waals surface area contributed by atoms with Gasteiger partial charge in [-0.2, -0.15) is 0 Å². The van der Waals surface area contributed by atoms with Gasteiger partial charge >= 0.3 is 0 Å². The Kier molecular flexibility index (Phi) is 2.85. The van der Waals surface area contributed by atoms with Crippen LogP contribution in [-0.2, 0) is 4.79 Å². The second kappa shape index (κ2) is 4.57. The van der Waals surface area contributed by atoms with Crippen molar-refractivity contribution >= 4 is 5.78 Å². The van der Waals surface area contributed by atoms with Crippen molar-refractivity contribution in [3.63, 3.8) is 0 Å². The molecule has 4 saturated carbocycles. The van der Waals surface area contributed by atoms with Crippen molar-refractivity contribution in [3.05, 3.63) is 0 Å². The van der Waals surface area contributed by atoms with E-state index in [1.54, 1.807) is 0 Å². The number of carbonyl (C=O) groups excluding carboxylic acids is 1.